The highest BCUT2D eigenvalue weighted by molar-refractivity contribution is 6.00. The summed E-state index contributed by atoms with van der Waals surface area (Å²) in [5, 5.41) is 8.66. The van der Waals surface area contributed by atoms with Gasteiger partial charge in [-0.2, -0.15) is 0 Å². The van der Waals surface area contributed by atoms with Gasteiger partial charge in [-0.25, -0.2) is 4.79 Å². The van der Waals surface area contributed by atoms with E-state index in [4.69, 9.17) is 4.74 Å². The maximum absolute atomic E-state index is 12.3. The van der Waals surface area contributed by atoms with Crippen LogP contribution in [-0.2, 0) is 20.7 Å². The number of urea groups is 1. The van der Waals surface area contributed by atoms with Crippen LogP contribution < -0.4 is 16.0 Å². The van der Waals surface area contributed by atoms with Gasteiger partial charge in [-0.05, 0) is 49.6 Å². The molecule has 0 radical (unpaired) electrons. The van der Waals surface area contributed by atoms with Gasteiger partial charge in [-0.1, -0.05) is 30.3 Å². The summed E-state index contributed by atoms with van der Waals surface area (Å²) >= 11 is 0. The predicted molar refractivity (Wildman–Crippen MR) is 141 cm³/mol. The molecule has 1 saturated heterocycles. The fourth-order valence-electron chi connectivity index (χ4n) is 4.01. The second-order valence-corrected chi connectivity index (χ2v) is 8.86. The highest BCUT2D eigenvalue weighted by atomic mass is 16.5. The third-order valence-electron chi connectivity index (χ3n) is 6.12. The molecule has 1 aliphatic rings. The van der Waals surface area contributed by atoms with Crippen molar-refractivity contribution >= 4 is 29.3 Å². The Morgan fingerprint density at radius 2 is 1.61 bits per heavy atom. The molecule has 0 spiro atoms. The molecule has 1 aliphatic heterocycles. The zero-order valence-corrected chi connectivity index (χ0v) is 21.2. The second kappa shape index (κ2) is 14.2. The Hall–Kier alpha value is -3.43. The third-order valence-corrected chi connectivity index (χ3v) is 6.12. The summed E-state index contributed by atoms with van der Waals surface area (Å²) in [6, 6.07) is 14.8. The van der Waals surface area contributed by atoms with Crippen molar-refractivity contribution in [1.29, 1.82) is 0 Å². The lowest BCUT2D eigenvalue weighted by atomic mass is 10.1. The smallest absolute Gasteiger partial charge is 0.323 e. The molecule has 3 rings (SSSR count). The number of nitrogens with one attached hydrogen (secondary N) is 3. The van der Waals surface area contributed by atoms with Crippen molar-refractivity contribution < 1.29 is 19.1 Å². The summed E-state index contributed by atoms with van der Waals surface area (Å²) in [7, 11) is 0. The molecule has 194 valence electrons. The van der Waals surface area contributed by atoms with Gasteiger partial charge in [-0.3, -0.25) is 19.4 Å². The zero-order valence-electron chi connectivity index (χ0n) is 21.2. The van der Waals surface area contributed by atoms with Gasteiger partial charge < -0.3 is 20.7 Å². The van der Waals surface area contributed by atoms with Crippen molar-refractivity contribution in [3.8, 4) is 0 Å². The summed E-state index contributed by atoms with van der Waals surface area (Å²) in [5.74, 6) is -0.150. The van der Waals surface area contributed by atoms with E-state index in [0.717, 1.165) is 49.5 Å². The van der Waals surface area contributed by atoms with Crippen LogP contribution >= 0.6 is 0 Å². The minimum absolute atomic E-state index is 0.0238. The number of benzene rings is 2. The Morgan fingerprint density at radius 1 is 0.917 bits per heavy atom. The molecule has 2 aromatic rings. The SMILES string of the molecule is CCOC(=O)CN1CCN(CCNC(=O)CCc2ccc(NC(=O)Nc3ccccc3C)cc2)CC1. The fraction of sp³-hybridized carbons (Fsp3) is 0.444. The summed E-state index contributed by atoms with van der Waals surface area (Å²) < 4.78 is 5.00. The molecule has 0 unspecified atom stereocenters. The number of piperazine rings is 1. The Balaban J connectivity index is 1.29. The number of hydrogen-bond acceptors (Lipinski definition) is 6. The normalized spacial score (nSPS) is 14.2. The summed E-state index contributed by atoms with van der Waals surface area (Å²) in [4.78, 5) is 40.5. The lowest BCUT2D eigenvalue weighted by Gasteiger charge is -2.34. The first-order chi connectivity index (χ1) is 17.4. The molecule has 0 atom stereocenters. The fourth-order valence-corrected chi connectivity index (χ4v) is 4.01. The monoisotopic (exact) mass is 495 g/mol. The topological polar surface area (TPSA) is 103 Å². The standard InChI is InChI=1S/C27H37N5O4/c1-3-36-26(34)20-32-18-16-31(17-19-32)15-14-28-25(33)13-10-22-8-11-23(12-9-22)29-27(35)30-24-7-5-4-6-21(24)2/h4-9,11-12H,3,10,13-20H2,1-2H3,(H,28,33)(H2,29,30,35). The van der Waals surface area contributed by atoms with Gasteiger partial charge in [0.2, 0.25) is 5.91 Å². The van der Waals surface area contributed by atoms with Gasteiger partial charge in [-0.15, -0.1) is 0 Å². The van der Waals surface area contributed by atoms with E-state index in [1.165, 1.54) is 0 Å². The highest BCUT2D eigenvalue weighted by Crippen LogP contribution is 2.15. The second-order valence-electron chi connectivity index (χ2n) is 8.86. The van der Waals surface area contributed by atoms with E-state index in [1.54, 1.807) is 0 Å². The van der Waals surface area contributed by atoms with Gasteiger partial charge in [0.15, 0.2) is 0 Å². The number of rotatable bonds is 11. The number of carbonyl (C=O) groups is 3. The Morgan fingerprint density at radius 3 is 2.31 bits per heavy atom. The van der Waals surface area contributed by atoms with E-state index in [0.29, 0.717) is 38.2 Å². The van der Waals surface area contributed by atoms with Gasteiger partial charge in [0.25, 0.3) is 0 Å². The first-order valence-corrected chi connectivity index (χ1v) is 12.5. The van der Waals surface area contributed by atoms with Crippen molar-refractivity contribution in [3.63, 3.8) is 0 Å². The molecular weight excluding hydrogens is 458 g/mol. The number of esters is 1. The van der Waals surface area contributed by atoms with Crippen LogP contribution in [-0.4, -0.2) is 80.1 Å². The first kappa shape index (κ1) is 27.2. The third kappa shape index (κ3) is 9.31. The number of anilines is 2. The van der Waals surface area contributed by atoms with Crippen molar-refractivity contribution in [2.24, 2.45) is 0 Å². The lowest BCUT2D eigenvalue weighted by molar-refractivity contribution is -0.144. The predicted octanol–water partition coefficient (Wildman–Crippen LogP) is 2.87. The van der Waals surface area contributed by atoms with Crippen LogP contribution in [0.2, 0.25) is 0 Å². The molecule has 0 bridgehead atoms. The molecule has 1 fully saturated rings. The molecule has 3 N–H and O–H groups in total. The number of ether oxygens (including phenoxy) is 1. The number of carbonyl (C=O) groups excluding carboxylic acids is 3. The van der Waals surface area contributed by atoms with Crippen molar-refractivity contribution in [1.82, 2.24) is 15.1 Å². The van der Waals surface area contributed by atoms with Gasteiger partial charge in [0.1, 0.15) is 0 Å². The van der Waals surface area contributed by atoms with Gasteiger partial charge in [0.05, 0.1) is 13.2 Å². The molecule has 0 aromatic heterocycles. The highest BCUT2D eigenvalue weighted by Gasteiger charge is 2.19. The maximum atomic E-state index is 12.3. The lowest BCUT2D eigenvalue weighted by Crippen LogP contribution is -2.49. The van der Waals surface area contributed by atoms with E-state index in [2.05, 4.69) is 25.8 Å². The van der Waals surface area contributed by atoms with Crippen LogP contribution in [0.15, 0.2) is 48.5 Å². The Bertz CT molecular complexity index is 1000. The van der Waals surface area contributed by atoms with E-state index >= 15 is 0 Å². The summed E-state index contributed by atoms with van der Waals surface area (Å²) in [6.07, 6.45) is 1.04. The number of para-hydroxylation sites is 1. The van der Waals surface area contributed by atoms with E-state index in [-0.39, 0.29) is 17.9 Å². The average Bonchev–Trinajstić information content (AvgIpc) is 2.86. The number of aryl methyl sites for hydroxylation is 2. The Labute approximate surface area is 213 Å². The van der Waals surface area contributed by atoms with Crippen LogP contribution in [0.4, 0.5) is 16.2 Å². The van der Waals surface area contributed by atoms with Gasteiger partial charge in [0, 0.05) is 57.1 Å². The summed E-state index contributed by atoms with van der Waals surface area (Å²) in [5.41, 5.74) is 3.49. The van der Waals surface area contributed by atoms with Crippen LogP contribution in [0.1, 0.15) is 24.5 Å². The molecule has 9 heteroatoms. The molecule has 1 heterocycles. The molecule has 36 heavy (non-hydrogen) atoms. The van der Waals surface area contributed by atoms with Crippen LogP contribution in [0, 0.1) is 6.92 Å². The molecule has 0 aliphatic carbocycles. The molecule has 2 aromatic carbocycles. The molecule has 3 amide bonds. The van der Waals surface area contributed by atoms with Crippen molar-refractivity contribution in [3.05, 3.63) is 59.7 Å². The van der Waals surface area contributed by atoms with Gasteiger partial charge >= 0.3 is 12.0 Å². The van der Waals surface area contributed by atoms with E-state index < -0.39 is 0 Å². The average molecular weight is 496 g/mol. The minimum Gasteiger partial charge on any atom is -0.465 e. The van der Waals surface area contributed by atoms with Crippen LogP contribution in [0.3, 0.4) is 0 Å². The Kier molecular flexibility index (Phi) is 10.7. The summed E-state index contributed by atoms with van der Waals surface area (Å²) in [6.45, 7) is 9.31. The minimum atomic E-state index is -0.295. The largest absolute Gasteiger partial charge is 0.465 e. The van der Waals surface area contributed by atoms with Crippen molar-refractivity contribution in [2.45, 2.75) is 26.7 Å². The van der Waals surface area contributed by atoms with E-state index in [9.17, 15) is 14.4 Å². The molecule has 9 nitrogen and oxygen atoms in total. The molecular formula is C27H37N5O4. The number of nitrogens with zero attached hydrogens (tertiary/aromatic N) is 2. The quantitative estimate of drug-likeness (QED) is 0.414. The van der Waals surface area contributed by atoms with E-state index in [1.807, 2.05) is 62.4 Å². The zero-order chi connectivity index (χ0) is 25.8. The van der Waals surface area contributed by atoms with Crippen LogP contribution in [0.25, 0.3) is 0 Å². The first-order valence-electron chi connectivity index (χ1n) is 12.5. The number of amides is 3. The maximum Gasteiger partial charge on any atom is 0.323 e. The number of hydrogen-bond donors (Lipinski definition) is 3. The van der Waals surface area contributed by atoms with Crippen molar-refractivity contribution in [2.75, 3.05) is 63.1 Å². The van der Waals surface area contributed by atoms with Crippen LogP contribution in [0.5, 0.6) is 0 Å². The molecule has 0 saturated carbocycles.